The minimum atomic E-state index is 0.557. The molecule has 124 valence electrons. The number of ether oxygens (including phenoxy) is 1. The second-order valence-corrected chi connectivity index (χ2v) is 6.68. The van der Waals surface area contributed by atoms with Crippen LogP contribution in [0.3, 0.4) is 0 Å². The fourth-order valence-electron chi connectivity index (χ4n) is 2.86. The summed E-state index contributed by atoms with van der Waals surface area (Å²) < 4.78 is 6.00. The Hall–Kier alpha value is -1.06. The maximum Gasteiger partial charge on any atom is 0.122 e. The Bertz CT molecular complexity index is 439. The van der Waals surface area contributed by atoms with Crippen LogP contribution in [0.4, 0.5) is 0 Å². The fourth-order valence-corrected chi connectivity index (χ4v) is 2.86. The van der Waals surface area contributed by atoms with E-state index in [0.717, 1.165) is 31.9 Å². The van der Waals surface area contributed by atoms with Crippen molar-refractivity contribution in [3.8, 4) is 5.75 Å². The molecule has 0 saturated carbocycles. The SMILES string of the molecule is Cc1ccc(C(C)C)cc1OCCCCCN1CCNCC1. The summed E-state index contributed by atoms with van der Waals surface area (Å²) in [6.07, 6.45) is 3.69. The van der Waals surface area contributed by atoms with Crippen molar-refractivity contribution in [2.75, 3.05) is 39.3 Å². The van der Waals surface area contributed by atoms with Crippen LogP contribution in [0.25, 0.3) is 0 Å². The molecule has 1 fully saturated rings. The third-order valence-electron chi connectivity index (χ3n) is 4.46. The van der Waals surface area contributed by atoms with Crippen molar-refractivity contribution in [3.63, 3.8) is 0 Å². The van der Waals surface area contributed by atoms with E-state index < -0.39 is 0 Å². The molecule has 2 rings (SSSR count). The number of aryl methyl sites for hydroxylation is 1. The normalized spacial score (nSPS) is 16.2. The van der Waals surface area contributed by atoms with Gasteiger partial charge in [-0.05, 0) is 55.8 Å². The summed E-state index contributed by atoms with van der Waals surface area (Å²) >= 11 is 0. The summed E-state index contributed by atoms with van der Waals surface area (Å²) in [7, 11) is 0. The molecule has 3 nitrogen and oxygen atoms in total. The topological polar surface area (TPSA) is 24.5 Å². The maximum absolute atomic E-state index is 6.00. The van der Waals surface area contributed by atoms with Gasteiger partial charge in [-0.2, -0.15) is 0 Å². The zero-order valence-corrected chi connectivity index (χ0v) is 14.5. The Morgan fingerprint density at radius 1 is 1.14 bits per heavy atom. The smallest absolute Gasteiger partial charge is 0.122 e. The van der Waals surface area contributed by atoms with E-state index in [4.69, 9.17) is 4.74 Å². The van der Waals surface area contributed by atoms with Gasteiger partial charge in [-0.3, -0.25) is 0 Å². The predicted molar refractivity (Wildman–Crippen MR) is 93.9 cm³/mol. The Kier molecular flexibility index (Phi) is 7.20. The van der Waals surface area contributed by atoms with Gasteiger partial charge >= 0.3 is 0 Å². The minimum absolute atomic E-state index is 0.557. The van der Waals surface area contributed by atoms with E-state index in [1.165, 1.54) is 43.6 Å². The Morgan fingerprint density at radius 2 is 1.91 bits per heavy atom. The van der Waals surface area contributed by atoms with E-state index in [1.54, 1.807) is 0 Å². The molecule has 0 atom stereocenters. The van der Waals surface area contributed by atoms with Crippen molar-refractivity contribution >= 4 is 0 Å². The van der Waals surface area contributed by atoms with E-state index in [1.807, 2.05) is 0 Å². The lowest BCUT2D eigenvalue weighted by Gasteiger charge is -2.27. The van der Waals surface area contributed by atoms with Gasteiger partial charge in [-0.25, -0.2) is 0 Å². The first-order chi connectivity index (χ1) is 10.7. The second-order valence-electron chi connectivity index (χ2n) is 6.68. The van der Waals surface area contributed by atoms with E-state index in [-0.39, 0.29) is 0 Å². The molecule has 1 heterocycles. The van der Waals surface area contributed by atoms with Crippen LogP contribution in [0, 0.1) is 6.92 Å². The van der Waals surface area contributed by atoms with Gasteiger partial charge in [0.2, 0.25) is 0 Å². The molecule has 0 aromatic heterocycles. The molecule has 22 heavy (non-hydrogen) atoms. The third kappa shape index (κ3) is 5.62. The van der Waals surface area contributed by atoms with Crippen LogP contribution in [-0.2, 0) is 0 Å². The lowest BCUT2D eigenvalue weighted by Crippen LogP contribution is -2.43. The highest BCUT2D eigenvalue weighted by Gasteiger charge is 2.08. The molecule has 0 radical (unpaired) electrons. The fraction of sp³-hybridized carbons (Fsp3) is 0.684. The summed E-state index contributed by atoms with van der Waals surface area (Å²) in [4.78, 5) is 2.56. The van der Waals surface area contributed by atoms with Crippen molar-refractivity contribution in [2.24, 2.45) is 0 Å². The van der Waals surface area contributed by atoms with Gasteiger partial charge in [0, 0.05) is 26.2 Å². The zero-order chi connectivity index (χ0) is 15.8. The van der Waals surface area contributed by atoms with Crippen molar-refractivity contribution < 1.29 is 4.74 Å². The number of benzene rings is 1. The molecular weight excluding hydrogens is 272 g/mol. The van der Waals surface area contributed by atoms with Gasteiger partial charge in [0.05, 0.1) is 6.61 Å². The standard InChI is InChI=1S/C19H32N2O/c1-16(2)18-8-7-17(3)19(15-18)22-14-6-4-5-11-21-12-9-20-10-13-21/h7-8,15-16,20H,4-6,9-14H2,1-3H3. The van der Waals surface area contributed by atoms with Gasteiger partial charge in [0.25, 0.3) is 0 Å². The summed E-state index contributed by atoms with van der Waals surface area (Å²) in [5, 5.41) is 3.40. The number of unbranched alkanes of at least 4 members (excludes halogenated alkanes) is 2. The van der Waals surface area contributed by atoms with Gasteiger partial charge in [0.15, 0.2) is 0 Å². The molecule has 1 aromatic carbocycles. The zero-order valence-electron chi connectivity index (χ0n) is 14.5. The molecule has 1 N–H and O–H groups in total. The number of hydrogen-bond acceptors (Lipinski definition) is 3. The number of nitrogens with zero attached hydrogens (tertiary/aromatic N) is 1. The highest BCUT2D eigenvalue weighted by molar-refractivity contribution is 5.37. The Labute approximate surface area is 136 Å². The van der Waals surface area contributed by atoms with E-state index in [2.05, 4.69) is 49.2 Å². The van der Waals surface area contributed by atoms with Gasteiger partial charge < -0.3 is 15.0 Å². The van der Waals surface area contributed by atoms with Crippen molar-refractivity contribution in [2.45, 2.75) is 46.0 Å². The summed E-state index contributed by atoms with van der Waals surface area (Å²) in [5.74, 6) is 1.62. The first-order valence-electron chi connectivity index (χ1n) is 8.83. The molecule has 0 bridgehead atoms. The average molecular weight is 304 g/mol. The lowest BCUT2D eigenvalue weighted by molar-refractivity contribution is 0.231. The first-order valence-corrected chi connectivity index (χ1v) is 8.83. The molecule has 1 saturated heterocycles. The van der Waals surface area contributed by atoms with Gasteiger partial charge in [-0.1, -0.05) is 26.0 Å². The molecule has 0 spiro atoms. The van der Waals surface area contributed by atoms with Crippen LogP contribution in [0.1, 0.15) is 50.2 Å². The van der Waals surface area contributed by atoms with Crippen molar-refractivity contribution in [1.29, 1.82) is 0 Å². The maximum atomic E-state index is 6.00. The lowest BCUT2D eigenvalue weighted by atomic mass is 10.0. The molecule has 1 aliphatic rings. The van der Waals surface area contributed by atoms with Crippen LogP contribution in [0.5, 0.6) is 5.75 Å². The number of piperazine rings is 1. The first kappa shape index (κ1) is 17.3. The summed E-state index contributed by atoms with van der Waals surface area (Å²) in [6, 6.07) is 6.59. The molecule has 1 aliphatic heterocycles. The number of rotatable bonds is 8. The van der Waals surface area contributed by atoms with E-state index >= 15 is 0 Å². The van der Waals surface area contributed by atoms with Crippen molar-refractivity contribution in [3.05, 3.63) is 29.3 Å². The summed E-state index contributed by atoms with van der Waals surface area (Å²) in [6.45, 7) is 13.4. The second kappa shape index (κ2) is 9.16. The largest absolute Gasteiger partial charge is 0.493 e. The highest BCUT2D eigenvalue weighted by Crippen LogP contribution is 2.24. The van der Waals surface area contributed by atoms with Crippen LogP contribution in [0.15, 0.2) is 18.2 Å². The molecule has 0 amide bonds. The molecular formula is C19H32N2O. The van der Waals surface area contributed by atoms with Gasteiger partial charge in [0.1, 0.15) is 5.75 Å². The van der Waals surface area contributed by atoms with E-state index in [0.29, 0.717) is 5.92 Å². The van der Waals surface area contributed by atoms with Crippen LogP contribution < -0.4 is 10.1 Å². The highest BCUT2D eigenvalue weighted by atomic mass is 16.5. The third-order valence-corrected chi connectivity index (χ3v) is 4.46. The van der Waals surface area contributed by atoms with Gasteiger partial charge in [-0.15, -0.1) is 0 Å². The average Bonchev–Trinajstić information content (AvgIpc) is 2.53. The van der Waals surface area contributed by atoms with E-state index in [9.17, 15) is 0 Å². The van der Waals surface area contributed by atoms with Crippen LogP contribution >= 0.6 is 0 Å². The molecule has 0 unspecified atom stereocenters. The molecule has 3 heteroatoms. The monoisotopic (exact) mass is 304 g/mol. The van der Waals surface area contributed by atoms with Crippen LogP contribution in [0.2, 0.25) is 0 Å². The summed E-state index contributed by atoms with van der Waals surface area (Å²) in [5.41, 5.74) is 2.60. The Balaban J connectivity index is 1.63. The van der Waals surface area contributed by atoms with Crippen molar-refractivity contribution in [1.82, 2.24) is 10.2 Å². The molecule has 1 aromatic rings. The Morgan fingerprint density at radius 3 is 2.64 bits per heavy atom. The minimum Gasteiger partial charge on any atom is -0.493 e. The number of nitrogens with one attached hydrogen (secondary N) is 1. The molecule has 0 aliphatic carbocycles. The van der Waals surface area contributed by atoms with Crippen LogP contribution in [-0.4, -0.2) is 44.2 Å². The number of hydrogen-bond donors (Lipinski definition) is 1. The quantitative estimate of drug-likeness (QED) is 0.743. The predicted octanol–water partition coefficient (Wildman–Crippen LogP) is 3.57.